The molecular formula is C23H30N6O4S. The molecule has 34 heavy (non-hydrogen) atoms. The van der Waals surface area contributed by atoms with Crippen LogP contribution in [0.3, 0.4) is 0 Å². The van der Waals surface area contributed by atoms with E-state index in [4.69, 9.17) is 23.3 Å². The maximum absolute atomic E-state index is 8.74. The second-order valence-corrected chi connectivity index (χ2v) is 9.77. The molecule has 1 saturated carbocycles. The summed E-state index contributed by atoms with van der Waals surface area (Å²) in [6, 6.07) is 11.5. The number of nitrogens with two attached hydrogens (primary N) is 1. The molecule has 3 aromatic heterocycles. The van der Waals surface area contributed by atoms with Crippen LogP contribution in [0.1, 0.15) is 43.5 Å². The van der Waals surface area contributed by atoms with Crippen LogP contribution >= 0.6 is 0 Å². The van der Waals surface area contributed by atoms with E-state index in [-0.39, 0.29) is 0 Å². The number of aryl methyl sites for hydroxylation is 1. The zero-order chi connectivity index (χ0) is 24.5. The molecule has 0 spiro atoms. The number of anilines is 1. The molecule has 11 heteroatoms. The summed E-state index contributed by atoms with van der Waals surface area (Å²) in [6.45, 7) is 2.93. The highest BCUT2D eigenvalue weighted by Gasteiger charge is 2.18. The van der Waals surface area contributed by atoms with Gasteiger partial charge in [-0.1, -0.05) is 25.3 Å². The number of aromatic nitrogens is 4. The molecule has 4 aromatic rings. The maximum Gasteiger partial charge on any atom is 0.394 e. The molecule has 3 heterocycles. The van der Waals surface area contributed by atoms with E-state index in [1.165, 1.54) is 43.1 Å². The zero-order valence-electron chi connectivity index (χ0n) is 19.2. The molecule has 0 aliphatic heterocycles. The molecule has 1 aliphatic carbocycles. The van der Waals surface area contributed by atoms with Crippen LogP contribution in [0.25, 0.3) is 33.3 Å². The number of nitrogens with zero attached hydrogens (tertiary/aromatic N) is 3. The van der Waals surface area contributed by atoms with Crippen molar-refractivity contribution in [1.82, 2.24) is 24.8 Å². The Bertz CT molecular complexity index is 1400. The fourth-order valence-corrected chi connectivity index (χ4v) is 4.70. The van der Waals surface area contributed by atoms with Gasteiger partial charge in [0.05, 0.1) is 5.52 Å². The maximum atomic E-state index is 8.74. The van der Waals surface area contributed by atoms with Gasteiger partial charge in [0.1, 0.15) is 11.6 Å². The van der Waals surface area contributed by atoms with Gasteiger partial charge in [0.25, 0.3) is 0 Å². The fraction of sp³-hybridized carbons (Fsp3) is 0.391. The Morgan fingerprint density at radius 3 is 2.50 bits per heavy atom. The lowest BCUT2D eigenvalue weighted by molar-refractivity contribution is 0.184. The Hall–Kier alpha value is -2.99. The summed E-state index contributed by atoms with van der Waals surface area (Å²) in [5.41, 5.74) is 12.1. The van der Waals surface area contributed by atoms with E-state index < -0.39 is 10.4 Å². The predicted octanol–water partition coefficient (Wildman–Crippen LogP) is 4.11. The summed E-state index contributed by atoms with van der Waals surface area (Å²) in [4.78, 5) is 18.2. The zero-order valence-corrected chi connectivity index (χ0v) is 20.1. The molecule has 0 amide bonds. The van der Waals surface area contributed by atoms with Gasteiger partial charge in [-0.15, -0.1) is 0 Å². The quantitative estimate of drug-likeness (QED) is 0.269. The number of rotatable bonds is 4. The van der Waals surface area contributed by atoms with Crippen molar-refractivity contribution in [2.45, 2.75) is 51.6 Å². The highest BCUT2D eigenvalue weighted by atomic mass is 32.3. The second kappa shape index (κ2) is 9.71. The number of nitrogens with one attached hydrogen (secondary N) is 2. The van der Waals surface area contributed by atoms with Gasteiger partial charge in [0.15, 0.2) is 5.65 Å². The number of fused-ring (bicyclic) bond motifs is 2. The van der Waals surface area contributed by atoms with Gasteiger partial charge in [0, 0.05) is 34.7 Å². The summed E-state index contributed by atoms with van der Waals surface area (Å²) in [7, 11) is -2.40. The number of hydrogen-bond donors (Lipinski definition) is 5. The topological polar surface area (TPSA) is 161 Å². The lowest BCUT2D eigenvalue weighted by Gasteiger charge is -2.31. The van der Waals surface area contributed by atoms with Gasteiger partial charge in [-0.25, -0.2) is 9.97 Å². The van der Waals surface area contributed by atoms with Crippen molar-refractivity contribution in [1.29, 1.82) is 0 Å². The number of hydrogen-bond acceptors (Lipinski definition) is 6. The average Bonchev–Trinajstić information content (AvgIpc) is 3.34. The molecule has 182 valence electrons. The molecule has 0 radical (unpaired) electrons. The van der Waals surface area contributed by atoms with Crippen LogP contribution in [0.5, 0.6) is 0 Å². The minimum absolute atomic E-state index is 0.479. The summed E-state index contributed by atoms with van der Waals surface area (Å²) >= 11 is 0. The van der Waals surface area contributed by atoms with Crippen LogP contribution in [0.15, 0.2) is 30.3 Å². The Morgan fingerprint density at radius 2 is 1.79 bits per heavy atom. The van der Waals surface area contributed by atoms with Gasteiger partial charge in [0.2, 0.25) is 0 Å². The van der Waals surface area contributed by atoms with Crippen molar-refractivity contribution in [3.05, 3.63) is 41.7 Å². The standard InChI is InChI=1S/C23H28N6.H2O4S/c1-14-25-22-18(12-21(24)28-23(22)26-14)20-11-16-10-15(8-9-19(16)27-20)13-29(2)17-6-4-3-5-7-17;1-5(2,3)4/h8-12,17,27H,3-7,13H2,1-2H3,(H3,24,25,26,28);(H2,1,2,3,4). The first-order valence-corrected chi connectivity index (χ1v) is 12.6. The Balaban J connectivity index is 0.000000499. The van der Waals surface area contributed by atoms with Crippen LogP contribution in [0.2, 0.25) is 0 Å². The van der Waals surface area contributed by atoms with Crippen molar-refractivity contribution < 1.29 is 17.5 Å². The smallest absolute Gasteiger partial charge is 0.384 e. The molecule has 0 bridgehead atoms. The molecule has 10 nitrogen and oxygen atoms in total. The fourth-order valence-electron chi connectivity index (χ4n) is 4.70. The van der Waals surface area contributed by atoms with Crippen LogP contribution < -0.4 is 5.73 Å². The van der Waals surface area contributed by atoms with Gasteiger partial charge in [-0.2, -0.15) is 8.42 Å². The third-order valence-electron chi connectivity index (χ3n) is 6.21. The first-order valence-electron chi connectivity index (χ1n) is 11.2. The molecule has 6 N–H and O–H groups in total. The van der Waals surface area contributed by atoms with Crippen molar-refractivity contribution in [3.63, 3.8) is 0 Å². The van der Waals surface area contributed by atoms with E-state index in [0.717, 1.165) is 40.7 Å². The molecule has 0 unspecified atom stereocenters. The van der Waals surface area contributed by atoms with Crippen molar-refractivity contribution in [2.24, 2.45) is 0 Å². The summed E-state index contributed by atoms with van der Waals surface area (Å²) in [5, 5.41) is 1.22. The third-order valence-corrected chi connectivity index (χ3v) is 6.21. The first kappa shape index (κ1) is 24.1. The number of imidazole rings is 1. The molecular weight excluding hydrogens is 456 g/mol. The van der Waals surface area contributed by atoms with E-state index in [1.807, 2.05) is 13.0 Å². The highest BCUT2D eigenvalue weighted by Crippen LogP contribution is 2.31. The molecule has 0 saturated heterocycles. The van der Waals surface area contributed by atoms with Gasteiger partial charge in [-0.05, 0) is 56.6 Å². The Kier molecular flexibility index (Phi) is 6.89. The lowest BCUT2D eigenvalue weighted by atomic mass is 9.94. The monoisotopic (exact) mass is 486 g/mol. The lowest BCUT2D eigenvalue weighted by Crippen LogP contribution is -2.32. The summed E-state index contributed by atoms with van der Waals surface area (Å²) in [5.74, 6) is 1.32. The minimum Gasteiger partial charge on any atom is -0.384 e. The van der Waals surface area contributed by atoms with E-state index in [0.29, 0.717) is 11.5 Å². The summed E-state index contributed by atoms with van der Waals surface area (Å²) < 4.78 is 31.6. The van der Waals surface area contributed by atoms with Crippen molar-refractivity contribution >= 4 is 38.3 Å². The van der Waals surface area contributed by atoms with Gasteiger partial charge in [-0.3, -0.25) is 14.0 Å². The van der Waals surface area contributed by atoms with Crippen molar-refractivity contribution in [3.8, 4) is 11.3 Å². The number of aromatic amines is 2. The molecule has 1 fully saturated rings. The minimum atomic E-state index is -4.67. The van der Waals surface area contributed by atoms with Gasteiger partial charge >= 0.3 is 10.4 Å². The summed E-state index contributed by atoms with van der Waals surface area (Å²) in [6.07, 6.45) is 6.79. The highest BCUT2D eigenvalue weighted by molar-refractivity contribution is 7.79. The van der Waals surface area contributed by atoms with Crippen LogP contribution in [-0.2, 0) is 16.9 Å². The van der Waals surface area contributed by atoms with Crippen LogP contribution in [0, 0.1) is 6.92 Å². The second-order valence-electron chi connectivity index (χ2n) is 8.87. The number of H-pyrrole nitrogens is 2. The van der Waals surface area contributed by atoms with Crippen LogP contribution in [-0.4, -0.2) is 55.4 Å². The molecule has 5 rings (SSSR count). The van der Waals surface area contributed by atoms with E-state index in [2.05, 4.69) is 56.1 Å². The SMILES string of the molecule is Cc1nc2nc(N)cc(-c3cc4cc(CN(C)C5CCCCC5)ccc4[nH]3)c2[nH]1.O=S(=O)(O)O. The van der Waals surface area contributed by atoms with E-state index in [9.17, 15) is 0 Å². The van der Waals surface area contributed by atoms with Crippen LogP contribution in [0.4, 0.5) is 5.82 Å². The van der Waals surface area contributed by atoms with E-state index in [1.54, 1.807) is 0 Å². The Labute approximate surface area is 198 Å². The number of pyridine rings is 1. The normalized spacial score (nSPS) is 15.1. The van der Waals surface area contributed by atoms with Gasteiger partial charge < -0.3 is 15.7 Å². The van der Waals surface area contributed by atoms with E-state index >= 15 is 0 Å². The Morgan fingerprint density at radius 1 is 1.09 bits per heavy atom. The average molecular weight is 487 g/mol. The third kappa shape index (κ3) is 5.92. The first-order chi connectivity index (χ1) is 16.1. The predicted molar refractivity (Wildman–Crippen MR) is 133 cm³/mol. The number of nitrogen functional groups attached to an aromatic ring is 1. The molecule has 1 aliphatic rings. The number of benzene rings is 1. The molecule has 0 atom stereocenters. The largest absolute Gasteiger partial charge is 0.394 e. The molecule has 1 aromatic carbocycles. The van der Waals surface area contributed by atoms with Crippen molar-refractivity contribution in [2.75, 3.05) is 12.8 Å².